The first-order valence-electron chi connectivity index (χ1n) is 5.85. The molecule has 1 aromatic carbocycles. The van der Waals surface area contributed by atoms with Crippen LogP contribution in [0.15, 0.2) is 29.2 Å². The molecule has 1 atom stereocenters. The summed E-state index contributed by atoms with van der Waals surface area (Å²) in [5.74, 6) is -0.551. The Morgan fingerprint density at radius 1 is 1.37 bits per heavy atom. The zero-order valence-electron chi connectivity index (χ0n) is 10.4. The van der Waals surface area contributed by atoms with Crippen LogP contribution in [0.5, 0.6) is 5.75 Å². The second-order valence-corrected chi connectivity index (χ2v) is 6.18. The number of carboxylic acid groups (broad SMARTS) is 1. The topological polar surface area (TPSA) is 83.9 Å². The monoisotopic (exact) mass is 285 g/mol. The number of aliphatic carboxylic acids is 1. The lowest BCUT2D eigenvalue weighted by atomic mass is 10.2. The minimum atomic E-state index is -3.76. The molecule has 0 aromatic heterocycles. The molecular weight excluding hydrogens is 270 g/mol. The number of hydrogen-bond donors (Lipinski definition) is 1. The number of rotatable bonds is 4. The van der Waals surface area contributed by atoms with Gasteiger partial charge in [-0.05, 0) is 37.1 Å². The minimum absolute atomic E-state index is 0.0847. The summed E-state index contributed by atoms with van der Waals surface area (Å²) in [6.07, 6.45) is 0.914. The van der Waals surface area contributed by atoms with Crippen molar-refractivity contribution in [2.75, 3.05) is 13.7 Å². The summed E-state index contributed by atoms with van der Waals surface area (Å²) < 4.78 is 30.8. The van der Waals surface area contributed by atoms with Crippen LogP contribution in [0.4, 0.5) is 0 Å². The second-order valence-electron chi connectivity index (χ2n) is 4.29. The smallest absolute Gasteiger partial charge is 0.322 e. The molecule has 0 spiro atoms. The molecule has 2 rings (SSSR count). The first-order chi connectivity index (χ1) is 8.96. The summed E-state index contributed by atoms with van der Waals surface area (Å²) in [4.78, 5) is 11.1. The minimum Gasteiger partial charge on any atom is -0.497 e. The predicted molar refractivity (Wildman–Crippen MR) is 67.5 cm³/mol. The molecule has 0 amide bonds. The number of nitrogens with zero attached hydrogens (tertiary/aromatic N) is 1. The van der Waals surface area contributed by atoms with Gasteiger partial charge in [-0.15, -0.1) is 0 Å². The van der Waals surface area contributed by atoms with E-state index in [1.165, 1.54) is 19.2 Å². The Hall–Kier alpha value is -1.60. The number of carboxylic acids is 1. The number of ether oxygens (including phenoxy) is 1. The quantitative estimate of drug-likeness (QED) is 0.889. The third-order valence-electron chi connectivity index (χ3n) is 3.15. The summed E-state index contributed by atoms with van der Waals surface area (Å²) in [5.41, 5.74) is 0. The van der Waals surface area contributed by atoms with Gasteiger partial charge in [-0.3, -0.25) is 4.79 Å². The SMILES string of the molecule is COc1ccc(S(=O)(=O)N2CCC[C@H]2C(=O)O)cc1. The number of methoxy groups -OCH3 is 1. The number of carbonyl (C=O) groups is 1. The molecule has 6 nitrogen and oxygen atoms in total. The highest BCUT2D eigenvalue weighted by molar-refractivity contribution is 7.89. The average molecular weight is 285 g/mol. The van der Waals surface area contributed by atoms with E-state index in [0.717, 1.165) is 4.31 Å². The molecule has 7 heteroatoms. The Morgan fingerprint density at radius 2 is 2.00 bits per heavy atom. The fourth-order valence-corrected chi connectivity index (χ4v) is 3.81. The van der Waals surface area contributed by atoms with Crippen LogP contribution in [0.1, 0.15) is 12.8 Å². The predicted octanol–water partition coefficient (Wildman–Crippen LogP) is 0.933. The van der Waals surface area contributed by atoms with Gasteiger partial charge in [-0.25, -0.2) is 8.42 Å². The molecule has 19 heavy (non-hydrogen) atoms. The highest BCUT2D eigenvalue weighted by atomic mass is 32.2. The third-order valence-corrected chi connectivity index (χ3v) is 5.08. The van der Waals surface area contributed by atoms with Crippen LogP contribution in [0.3, 0.4) is 0 Å². The van der Waals surface area contributed by atoms with Crippen LogP contribution in [0.25, 0.3) is 0 Å². The molecule has 0 radical (unpaired) electrons. The van der Waals surface area contributed by atoms with Gasteiger partial charge in [0.1, 0.15) is 11.8 Å². The van der Waals surface area contributed by atoms with E-state index in [1.54, 1.807) is 12.1 Å². The van der Waals surface area contributed by atoms with E-state index in [4.69, 9.17) is 9.84 Å². The Bertz CT molecular complexity index is 566. The van der Waals surface area contributed by atoms with Crippen molar-refractivity contribution in [1.29, 1.82) is 0 Å². The maximum absolute atomic E-state index is 12.4. The van der Waals surface area contributed by atoms with Crippen molar-refractivity contribution in [3.05, 3.63) is 24.3 Å². The number of benzene rings is 1. The Kier molecular flexibility index (Phi) is 3.77. The van der Waals surface area contributed by atoms with Gasteiger partial charge in [0.15, 0.2) is 0 Å². The Balaban J connectivity index is 2.33. The van der Waals surface area contributed by atoms with Gasteiger partial charge in [-0.1, -0.05) is 0 Å². The number of sulfonamides is 1. The molecule has 104 valence electrons. The average Bonchev–Trinajstić information content (AvgIpc) is 2.89. The highest BCUT2D eigenvalue weighted by Gasteiger charge is 2.39. The van der Waals surface area contributed by atoms with Crippen LogP contribution in [0, 0.1) is 0 Å². The van der Waals surface area contributed by atoms with E-state index in [1.807, 2.05) is 0 Å². The standard InChI is InChI=1S/C12H15NO5S/c1-18-9-4-6-10(7-5-9)19(16,17)13-8-2-3-11(13)12(14)15/h4-7,11H,2-3,8H2,1H3,(H,14,15)/t11-/m0/s1. The normalized spacial score (nSPS) is 20.4. The molecule has 0 saturated carbocycles. The number of hydrogen-bond acceptors (Lipinski definition) is 4. The molecule has 1 aromatic rings. The van der Waals surface area contributed by atoms with Crippen LogP contribution in [-0.4, -0.2) is 43.5 Å². The van der Waals surface area contributed by atoms with Gasteiger partial charge < -0.3 is 9.84 Å². The lowest BCUT2D eigenvalue weighted by molar-refractivity contribution is -0.140. The van der Waals surface area contributed by atoms with E-state index in [0.29, 0.717) is 18.6 Å². The van der Waals surface area contributed by atoms with Gasteiger partial charge in [0.25, 0.3) is 0 Å². The van der Waals surface area contributed by atoms with E-state index >= 15 is 0 Å². The molecular formula is C12H15NO5S. The van der Waals surface area contributed by atoms with Crippen molar-refractivity contribution in [3.63, 3.8) is 0 Å². The van der Waals surface area contributed by atoms with Crippen molar-refractivity contribution in [2.45, 2.75) is 23.8 Å². The second kappa shape index (κ2) is 5.18. The van der Waals surface area contributed by atoms with Crippen LogP contribution in [0.2, 0.25) is 0 Å². The fraction of sp³-hybridized carbons (Fsp3) is 0.417. The maximum atomic E-state index is 12.4. The lowest BCUT2D eigenvalue weighted by Gasteiger charge is -2.20. The first kappa shape index (κ1) is 13.8. The molecule has 1 saturated heterocycles. The molecule has 1 fully saturated rings. The van der Waals surface area contributed by atoms with Crippen molar-refractivity contribution in [3.8, 4) is 5.75 Å². The molecule has 1 heterocycles. The van der Waals surface area contributed by atoms with E-state index < -0.39 is 22.0 Å². The zero-order chi connectivity index (χ0) is 14.0. The first-order valence-corrected chi connectivity index (χ1v) is 7.29. The van der Waals surface area contributed by atoms with E-state index in [9.17, 15) is 13.2 Å². The largest absolute Gasteiger partial charge is 0.497 e. The molecule has 1 aliphatic rings. The van der Waals surface area contributed by atoms with Gasteiger partial charge in [0.2, 0.25) is 10.0 Å². The Morgan fingerprint density at radius 3 is 2.53 bits per heavy atom. The third kappa shape index (κ3) is 2.57. The molecule has 1 aliphatic heterocycles. The van der Waals surface area contributed by atoms with E-state index in [-0.39, 0.29) is 11.4 Å². The lowest BCUT2D eigenvalue weighted by Crippen LogP contribution is -2.40. The fourth-order valence-electron chi connectivity index (χ4n) is 2.16. The maximum Gasteiger partial charge on any atom is 0.322 e. The van der Waals surface area contributed by atoms with Crippen LogP contribution >= 0.6 is 0 Å². The molecule has 1 N–H and O–H groups in total. The summed E-state index contributed by atoms with van der Waals surface area (Å²) in [5, 5.41) is 9.05. The zero-order valence-corrected chi connectivity index (χ0v) is 11.3. The van der Waals surface area contributed by atoms with Gasteiger partial charge in [-0.2, -0.15) is 4.31 Å². The van der Waals surface area contributed by atoms with Gasteiger partial charge >= 0.3 is 5.97 Å². The summed E-state index contributed by atoms with van der Waals surface area (Å²) in [6.45, 7) is 0.241. The van der Waals surface area contributed by atoms with Crippen LogP contribution < -0.4 is 4.74 Å². The molecule has 0 unspecified atom stereocenters. The van der Waals surface area contributed by atoms with Gasteiger partial charge in [0.05, 0.1) is 12.0 Å². The van der Waals surface area contributed by atoms with Gasteiger partial charge in [0, 0.05) is 6.54 Å². The van der Waals surface area contributed by atoms with Crippen molar-refractivity contribution in [1.82, 2.24) is 4.31 Å². The summed E-state index contributed by atoms with van der Waals surface area (Å²) in [6, 6.07) is 4.96. The Labute approximate surface area is 111 Å². The van der Waals surface area contributed by atoms with Crippen molar-refractivity contribution < 1.29 is 23.1 Å². The van der Waals surface area contributed by atoms with Crippen molar-refractivity contribution >= 4 is 16.0 Å². The summed E-state index contributed by atoms with van der Waals surface area (Å²) in [7, 11) is -2.27. The van der Waals surface area contributed by atoms with Crippen LogP contribution in [-0.2, 0) is 14.8 Å². The molecule has 0 aliphatic carbocycles. The summed E-state index contributed by atoms with van der Waals surface area (Å²) >= 11 is 0. The molecule has 0 bridgehead atoms. The van der Waals surface area contributed by atoms with E-state index in [2.05, 4.69) is 0 Å². The highest BCUT2D eigenvalue weighted by Crippen LogP contribution is 2.27. The van der Waals surface area contributed by atoms with Crippen molar-refractivity contribution in [2.24, 2.45) is 0 Å².